The molecule has 0 saturated heterocycles. The second-order valence-electron chi connectivity index (χ2n) is 14.6. The smallest absolute Gasteiger partial charge is 0.164 e. The average Bonchev–Trinajstić information content (AvgIpc) is 3.78. The fraction of sp³-hybridized carbons (Fsp3) is 0. The molecule has 10 rings (SSSR count). The Morgan fingerprint density at radius 3 is 1.78 bits per heavy atom. The van der Waals surface area contributed by atoms with Crippen LogP contribution in [0.15, 0.2) is 144 Å². The average molecular weight is 700 g/mol. The van der Waals surface area contributed by atoms with E-state index in [4.69, 9.17) is 19.4 Å². The summed E-state index contributed by atoms with van der Waals surface area (Å²) in [5, 5.41) is 4.45. The van der Waals surface area contributed by atoms with Crippen molar-refractivity contribution in [1.29, 1.82) is 0 Å². The first kappa shape index (κ1) is 33.1. The van der Waals surface area contributed by atoms with E-state index in [0.717, 1.165) is 55.3 Å². The topological polar surface area (TPSA) is 56.7 Å². The maximum atomic E-state index is 6.70. The van der Waals surface area contributed by atoms with Gasteiger partial charge in [-0.3, -0.25) is 0 Å². The van der Waals surface area contributed by atoms with E-state index in [1.807, 2.05) is 30.3 Å². The highest BCUT2D eigenvalue weighted by Gasteiger charge is 2.22. The maximum absolute atomic E-state index is 6.70. The van der Waals surface area contributed by atoms with Crippen LogP contribution in [-0.4, -0.2) is 58.8 Å². The monoisotopic (exact) mass is 700 g/mol. The van der Waals surface area contributed by atoms with Gasteiger partial charge in [0.05, 0.1) is 11.0 Å². The molecule has 0 N–H and O–H groups in total. The summed E-state index contributed by atoms with van der Waals surface area (Å²) in [7, 11) is 10.9. The highest BCUT2D eigenvalue weighted by molar-refractivity contribution is 6.68. The number of furan rings is 1. The second kappa shape index (κ2) is 12.8. The van der Waals surface area contributed by atoms with Crippen LogP contribution in [0, 0.1) is 0 Å². The molecule has 0 fully saturated rings. The van der Waals surface area contributed by atoms with Gasteiger partial charge in [0.15, 0.2) is 17.5 Å². The van der Waals surface area contributed by atoms with Gasteiger partial charge in [-0.05, 0) is 41.5 Å². The summed E-state index contributed by atoms with van der Waals surface area (Å²) in [5.74, 6) is 1.94. The Hall–Kier alpha value is -6.53. The van der Waals surface area contributed by atoms with Gasteiger partial charge in [-0.25, -0.2) is 15.0 Å². The molecule has 0 saturated carbocycles. The molecule has 0 amide bonds. The lowest BCUT2D eigenvalue weighted by molar-refractivity contribution is 0.668. The quantitative estimate of drug-likeness (QED) is 0.260. The van der Waals surface area contributed by atoms with Crippen molar-refractivity contribution >= 4 is 110 Å². The van der Waals surface area contributed by atoms with Crippen LogP contribution in [0.2, 0.25) is 0 Å². The fourth-order valence-electron chi connectivity index (χ4n) is 8.46. The van der Waals surface area contributed by atoms with E-state index in [1.165, 1.54) is 49.2 Å². The number of para-hydroxylation sites is 1. The molecule has 0 spiro atoms. The Bertz CT molecular complexity index is 3130. The number of hydrogen-bond donors (Lipinski definition) is 0. The van der Waals surface area contributed by atoms with Crippen LogP contribution >= 0.6 is 0 Å². The Kier molecular flexibility index (Phi) is 7.70. The Balaban J connectivity index is 1.19. The number of hydrogen-bond acceptors (Lipinski definition) is 4. The SMILES string of the molecule is Bc1c(B)c(B)c(-c2nc(-c3ccccc3)nc(-c3cccc4oc5cc(-n6c7ccccc7c7c(-c8ccccc8)cccc76)ccc5c34)n2)c(B)c1B. The second-order valence-corrected chi connectivity index (χ2v) is 14.6. The lowest BCUT2D eigenvalue weighted by Crippen LogP contribution is -2.55. The summed E-state index contributed by atoms with van der Waals surface area (Å²) in [4.78, 5) is 15.5. The number of rotatable bonds is 5. The van der Waals surface area contributed by atoms with Gasteiger partial charge in [0.1, 0.15) is 50.4 Å². The normalized spacial score (nSPS) is 11.6. The summed E-state index contributed by atoms with van der Waals surface area (Å²) in [5.41, 5.74) is 16.5. The maximum Gasteiger partial charge on any atom is 0.164 e. The molecule has 10 aromatic rings. The van der Waals surface area contributed by atoms with Gasteiger partial charge in [-0.1, -0.05) is 114 Å². The van der Waals surface area contributed by atoms with Gasteiger partial charge in [-0.2, -0.15) is 0 Å². The minimum atomic E-state index is 0.617. The van der Waals surface area contributed by atoms with Crippen LogP contribution in [0.3, 0.4) is 0 Å². The number of nitrogens with zero attached hydrogens (tertiary/aromatic N) is 4. The van der Waals surface area contributed by atoms with Gasteiger partial charge in [-0.15, -0.1) is 16.4 Å². The summed E-state index contributed by atoms with van der Waals surface area (Å²) in [6.45, 7) is 0. The third-order valence-electron chi connectivity index (χ3n) is 11.7. The van der Waals surface area contributed by atoms with E-state index in [0.29, 0.717) is 17.5 Å². The predicted molar refractivity (Wildman–Crippen MR) is 244 cm³/mol. The zero-order valence-electron chi connectivity index (χ0n) is 31.5. The van der Waals surface area contributed by atoms with Crippen molar-refractivity contribution in [3.63, 3.8) is 0 Å². The summed E-state index contributed by atoms with van der Waals surface area (Å²) in [6.07, 6.45) is 0. The molecule has 5 nitrogen and oxygen atoms in total. The molecular weight excluding hydrogens is 667 g/mol. The van der Waals surface area contributed by atoms with E-state index in [9.17, 15) is 0 Å². The number of benzene rings is 7. The van der Waals surface area contributed by atoms with Crippen LogP contribution in [0.1, 0.15) is 0 Å². The summed E-state index contributed by atoms with van der Waals surface area (Å²) < 4.78 is 9.05. The molecule has 3 heterocycles. The van der Waals surface area contributed by atoms with Crippen LogP contribution in [-0.2, 0) is 0 Å². The third kappa shape index (κ3) is 5.19. The molecule has 0 aliphatic rings. The van der Waals surface area contributed by atoms with Gasteiger partial charge in [0.25, 0.3) is 0 Å². The Labute approximate surface area is 323 Å². The van der Waals surface area contributed by atoms with Crippen LogP contribution in [0.5, 0.6) is 0 Å². The minimum absolute atomic E-state index is 0.617. The van der Waals surface area contributed by atoms with Gasteiger partial charge >= 0.3 is 0 Å². The Morgan fingerprint density at radius 1 is 0.418 bits per heavy atom. The summed E-state index contributed by atoms with van der Waals surface area (Å²) in [6, 6.07) is 48.8. The molecule has 3 aromatic heterocycles. The molecule has 0 bridgehead atoms. The number of fused-ring (bicyclic) bond motifs is 6. The zero-order valence-corrected chi connectivity index (χ0v) is 31.5. The molecule has 0 unspecified atom stereocenters. The van der Waals surface area contributed by atoms with Crippen molar-refractivity contribution in [3.05, 3.63) is 140 Å². The lowest BCUT2D eigenvalue weighted by Gasteiger charge is -2.20. The molecule has 10 heteroatoms. The molecule has 254 valence electrons. The zero-order chi connectivity index (χ0) is 37.4. The van der Waals surface area contributed by atoms with E-state index in [2.05, 4.69) is 153 Å². The molecular formula is C45H33B5N4O. The molecule has 0 aliphatic carbocycles. The standard InChI is InChI=1S/C45H33B5N4O/c46-38-37(39(47)41(49)42(50)40(38)48)45-52-43(25-13-5-2-6-14-25)51-44(53-45)30-17-10-20-33-36(30)29-22-21-26(23-34(29)55-33)54-31-18-8-7-15-28(31)35-27(16-9-19-32(35)54)24-11-3-1-4-12-24/h1-23H,46-50H2. The Morgan fingerprint density at radius 2 is 1.02 bits per heavy atom. The number of aromatic nitrogens is 4. The van der Waals surface area contributed by atoms with Crippen molar-refractivity contribution in [2.75, 3.05) is 0 Å². The van der Waals surface area contributed by atoms with Crippen molar-refractivity contribution in [2.45, 2.75) is 0 Å². The largest absolute Gasteiger partial charge is 0.456 e. The fourth-order valence-corrected chi connectivity index (χ4v) is 8.46. The van der Waals surface area contributed by atoms with Crippen LogP contribution in [0.25, 0.3) is 94.7 Å². The first-order valence-corrected chi connectivity index (χ1v) is 18.8. The van der Waals surface area contributed by atoms with E-state index in [1.54, 1.807) is 0 Å². The van der Waals surface area contributed by atoms with Gasteiger partial charge in [0.2, 0.25) is 0 Å². The molecule has 55 heavy (non-hydrogen) atoms. The van der Waals surface area contributed by atoms with Gasteiger partial charge in [0, 0.05) is 50.0 Å². The van der Waals surface area contributed by atoms with E-state index >= 15 is 0 Å². The molecule has 7 aromatic carbocycles. The molecule has 0 atom stereocenters. The first-order chi connectivity index (χ1) is 26.9. The highest BCUT2D eigenvalue weighted by atomic mass is 16.3. The van der Waals surface area contributed by atoms with E-state index in [-0.39, 0.29) is 0 Å². The van der Waals surface area contributed by atoms with Crippen LogP contribution < -0.4 is 27.3 Å². The highest BCUT2D eigenvalue weighted by Crippen LogP contribution is 2.41. The first-order valence-electron chi connectivity index (χ1n) is 18.8. The van der Waals surface area contributed by atoms with Crippen LogP contribution in [0.4, 0.5) is 0 Å². The van der Waals surface area contributed by atoms with Crippen molar-refractivity contribution < 1.29 is 4.42 Å². The third-order valence-corrected chi connectivity index (χ3v) is 11.7. The molecule has 0 radical (unpaired) electrons. The minimum Gasteiger partial charge on any atom is -0.456 e. The molecule has 0 aliphatic heterocycles. The van der Waals surface area contributed by atoms with Crippen molar-refractivity contribution in [2.24, 2.45) is 0 Å². The van der Waals surface area contributed by atoms with Gasteiger partial charge < -0.3 is 8.98 Å². The summed E-state index contributed by atoms with van der Waals surface area (Å²) >= 11 is 0. The predicted octanol–water partition coefficient (Wildman–Crippen LogP) is 2.83. The van der Waals surface area contributed by atoms with E-state index < -0.39 is 0 Å². The van der Waals surface area contributed by atoms with Crippen molar-refractivity contribution in [1.82, 2.24) is 19.5 Å². The van der Waals surface area contributed by atoms with Crippen molar-refractivity contribution in [3.8, 4) is 51.0 Å². The lowest BCUT2D eigenvalue weighted by atomic mass is 9.60.